The van der Waals surface area contributed by atoms with Crippen molar-refractivity contribution < 1.29 is 27.9 Å². The van der Waals surface area contributed by atoms with Gasteiger partial charge in [-0.25, -0.2) is 9.59 Å². The standard InChI is InChI=1S/C11H17F3N2O3/c1-3-10(4-5-10)6-15-8(19)16-9(2,7(17)18)11(12,13)14/h3-6H2,1-2H3,(H,17,18)(H2,15,16,19). The molecule has 1 saturated carbocycles. The van der Waals surface area contributed by atoms with Crippen molar-refractivity contribution in [2.75, 3.05) is 6.54 Å². The molecular formula is C11H17F3N2O3. The largest absolute Gasteiger partial charge is 0.479 e. The Morgan fingerprint density at radius 2 is 1.84 bits per heavy atom. The first-order valence-electron chi connectivity index (χ1n) is 5.92. The Labute approximate surface area is 108 Å². The van der Waals surface area contributed by atoms with Crippen molar-refractivity contribution >= 4 is 12.0 Å². The fourth-order valence-corrected chi connectivity index (χ4v) is 1.62. The molecule has 0 aromatic heterocycles. The highest BCUT2D eigenvalue weighted by atomic mass is 19.4. The lowest BCUT2D eigenvalue weighted by Crippen LogP contribution is -2.63. The van der Waals surface area contributed by atoms with E-state index in [4.69, 9.17) is 5.11 Å². The number of amides is 2. The van der Waals surface area contributed by atoms with Crippen molar-refractivity contribution in [3.63, 3.8) is 0 Å². The van der Waals surface area contributed by atoms with Gasteiger partial charge in [-0.05, 0) is 31.6 Å². The van der Waals surface area contributed by atoms with E-state index in [0.717, 1.165) is 19.3 Å². The molecule has 1 fully saturated rings. The molecule has 19 heavy (non-hydrogen) atoms. The highest BCUT2D eigenvalue weighted by molar-refractivity contribution is 5.86. The van der Waals surface area contributed by atoms with E-state index in [9.17, 15) is 22.8 Å². The number of nitrogens with one attached hydrogen (secondary N) is 2. The summed E-state index contributed by atoms with van der Waals surface area (Å²) in [5.41, 5.74) is -3.32. The van der Waals surface area contributed by atoms with Gasteiger partial charge in [-0.2, -0.15) is 13.2 Å². The average molecular weight is 282 g/mol. The molecule has 1 aliphatic rings. The molecule has 1 atom stereocenters. The van der Waals surface area contributed by atoms with Crippen molar-refractivity contribution in [1.29, 1.82) is 0 Å². The third kappa shape index (κ3) is 3.30. The van der Waals surface area contributed by atoms with Crippen LogP contribution >= 0.6 is 0 Å². The van der Waals surface area contributed by atoms with Gasteiger partial charge in [0.25, 0.3) is 0 Å². The molecular weight excluding hydrogens is 265 g/mol. The lowest BCUT2D eigenvalue weighted by molar-refractivity contribution is -0.203. The first-order valence-corrected chi connectivity index (χ1v) is 5.92. The summed E-state index contributed by atoms with van der Waals surface area (Å²) in [4.78, 5) is 22.1. The number of carbonyl (C=O) groups excluding carboxylic acids is 1. The summed E-state index contributed by atoms with van der Waals surface area (Å²) in [5.74, 6) is -2.15. The fourth-order valence-electron chi connectivity index (χ4n) is 1.62. The molecule has 0 radical (unpaired) electrons. The second kappa shape index (κ2) is 4.90. The molecule has 0 aromatic carbocycles. The van der Waals surface area contributed by atoms with E-state index in [0.29, 0.717) is 6.92 Å². The van der Waals surface area contributed by atoms with Crippen LogP contribution in [0, 0.1) is 5.41 Å². The molecule has 0 spiro atoms. The molecule has 2 amide bonds. The number of carbonyl (C=O) groups is 2. The van der Waals surface area contributed by atoms with Crippen molar-refractivity contribution in [3.05, 3.63) is 0 Å². The van der Waals surface area contributed by atoms with E-state index in [-0.39, 0.29) is 12.0 Å². The Balaban J connectivity index is 2.60. The number of urea groups is 1. The van der Waals surface area contributed by atoms with Gasteiger partial charge in [-0.3, -0.25) is 0 Å². The van der Waals surface area contributed by atoms with Gasteiger partial charge in [0.15, 0.2) is 0 Å². The van der Waals surface area contributed by atoms with Crippen LogP contribution in [0.3, 0.4) is 0 Å². The maximum absolute atomic E-state index is 12.6. The summed E-state index contributed by atoms with van der Waals surface area (Å²) in [6.07, 6.45) is -2.42. The molecule has 3 N–H and O–H groups in total. The summed E-state index contributed by atoms with van der Waals surface area (Å²) in [5, 5.41) is 12.4. The highest BCUT2D eigenvalue weighted by Crippen LogP contribution is 2.47. The predicted octanol–water partition coefficient (Wildman–Crippen LogP) is 1.88. The summed E-state index contributed by atoms with van der Waals surface area (Å²) in [6.45, 7) is 2.61. The smallest absolute Gasteiger partial charge is 0.422 e. The number of hydrogen-bond donors (Lipinski definition) is 3. The molecule has 0 bridgehead atoms. The van der Waals surface area contributed by atoms with Gasteiger partial charge >= 0.3 is 18.2 Å². The van der Waals surface area contributed by atoms with Crippen molar-refractivity contribution in [3.8, 4) is 0 Å². The lowest BCUT2D eigenvalue weighted by atomic mass is 10.0. The van der Waals surface area contributed by atoms with Crippen LogP contribution < -0.4 is 10.6 Å². The average Bonchev–Trinajstić information content (AvgIpc) is 3.05. The van der Waals surface area contributed by atoms with Gasteiger partial charge in [0.1, 0.15) is 0 Å². The Morgan fingerprint density at radius 1 is 1.32 bits per heavy atom. The molecule has 1 unspecified atom stereocenters. The van der Waals surface area contributed by atoms with Crippen LogP contribution in [0.25, 0.3) is 0 Å². The minimum atomic E-state index is -5.07. The Morgan fingerprint density at radius 3 is 2.16 bits per heavy atom. The number of carboxylic acids is 1. The van der Waals surface area contributed by atoms with Gasteiger partial charge < -0.3 is 15.7 Å². The van der Waals surface area contributed by atoms with E-state index < -0.39 is 23.7 Å². The fraction of sp³-hybridized carbons (Fsp3) is 0.818. The van der Waals surface area contributed by atoms with Crippen molar-refractivity contribution in [2.45, 2.75) is 44.8 Å². The molecule has 8 heteroatoms. The second-order valence-corrected chi connectivity index (χ2v) is 5.09. The van der Waals surface area contributed by atoms with Gasteiger partial charge in [0.05, 0.1) is 0 Å². The third-order valence-corrected chi connectivity index (χ3v) is 3.69. The second-order valence-electron chi connectivity index (χ2n) is 5.09. The van der Waals surface area contributed by atoms with Crippen LogP contribution in [0.1, 0.15) is 33.1 Å². The van der Waals surface area contributed by atoms with Gasteiger partial charge in [0.2, 0.25) is 5.54 Å². The number of alkyl halides is 3. The topological polar surface area (TPSA) is 78.4 Å². The minimum Gasteiger partial charge on any atom is -0.479 e. The van der Waals surface area contributed by atoms with Crippen LogP contribution in [0.2, 0.25) is 0 Å². The zero-order valence-corrected chi connectivity index (χ0v) is 10.7. The number of hydrogen-bond acceptors (Lipinski definition) is 2. The summed E-state index contributed by atoms with van der Waals surface area (Å²) < 4.78 is 37.9. The first-order chi connectivity index (χ1) is 8.56. The molecule has 0 saturated heterocycles. The van der Waals surface area contributed by atoms with Crippen LogP contribution in [-0.2, 0) is 4.79 Å². The van der Waals surface area contributed by atoms with Crippen molar-refractivity contribution in [2.24, 2.45) is 5.41 Å². The molecule has 1 aliphatic carbocycles. The molecule has 110 valence electrons. The molecule has 0 aliphatic heterocycles. The lowest BCUT2D eigenvalue weighted by Gasteiger charge is -2.28. The van der Waals surface area contributed by atoms with Crippen LogP contribution in [-0.4, -0.2) is 35.4 Å². The number of aliphatic carboxylic acids is 1. The predicted molar refractivity (Wildman–Crippen MR) is 60.6 cm³/mol. The van der Waals surface area contributed by atoms with E-state index in [1.54, 1.807) is 0 Å². The van der Waals surface area contributed by atoms with Gasteiger partial charge in [-0.1, -0.05) is 6.92 Å². The maximum atomic E-state index is 12.6. The van der Waals surface area contributed by atoms with E-state index >= 15 is 0 Å². The number of carboxylic acid groups (broad SMARTS) is 1. The summed E-state index contributed by atoms with van der Waals surface area (Å²) >= 11 is 0. The Hall–Kier alpha value is -1.47. The van der Waals surface area contributed by atoms with Crippen molar-refractivity contribution in [1.82, 2.24) is 10.6 Å². The summed E-state index contributed by atoms with van der Waals surface area (Å²) in [6, 6.07) is -1.12. The Bertz CT molecular complexity index is 380. The molecule has 0 heterocycles. The van der Waals surface area contributed by atoms with E-state index in [1.807, 2.05) is 6.92 Å². The van der Waals surface area contributed by atoms with Crippen LogP contribution in [0.15, 0.2) is 0 Å². The maximum Gasteiger partial charge on any atom is 0.422 e. The molecule has 0 aromatic rings. The van der Waals surface area contributed by atoms with Gasteiger partial charge in [0, 0.05) is 6.54 Å². The zero-order valence-electron chi connectivity index (χ0n) is 10.7. The minimum absolute atomic E-state index is 0.0325. The van der Waals surface area contributed by atoms with Crippen LogP contribution in [0.5, 0.6) is 0 Å². The molecule has 5 nitrogen and oxygen atoms in total. The SMILES string of the molecule is CCC1(CNC(=O)NC(C)(C(=O)O)C(F)(F)F)CC1. The number of halogens is 3. The monoisotopic (exact) mass is 282 g/mol. The molecule has 1 rings (SSSR count). The van der Waals surface area contributed by atoms with Crippen LogP contribution in [0.4, 0.5) is 18.0 Å². The third-order valence-electron chi connectivity index (χ3n) is 3.69. The van der Waals surface area contributed by atoms with Gasteiger partial charge in [-0.15, -0.1) is 0 Å². The summed E-state index contributed by atoms with van der Waals surface area (Å²) in [7, 11) is 0. The van der Waals surface area contributed by atoms with E-state index in [2.05, 4.69) is 5.32 Å². The normalized spacial score (nSPS) is 20.3. The van der Waals surface area contributed by atoms with E-state index in [1.165, 1.54) is 5.32 Å². The first kappa shape index (κ1) is 15.6. The Kier molecular flexibility index (Phi) is 4.02. The quantitative estimate of drug-likeness (QED) is 0.720. The number of rotatable bonds is 5. The highest BCUT2D eigenvalue weighted by Gasteiger charge is 2.58. The zero-order chi connectivity index (χ0) is 14.9.